The summed E-state index contributed by atoms with van der Waals surface area (Å²) in [5, 5.41) is 11.5. The number of rotatable bonds is 5. The van der Waals surface area contributed by atoms with Gasteiger partial charge < -0.3 is 14.7 Å². The van der Waals surface area contributed by atoms with Crippen LogP contribution in [0.2, 0.25) is 0 Å². The largest absolute Gasteiger partial charge is 0.396 e. The predicted octanol–water partition coefficient (Wildman–Crippen LogP) is 0.878. The molecule has 6 nitrogen and oxygen atoms in total. The number of nitrogens with zero attached hydrogens (tertiary/aromatic N) is 3. The first kappa shape index (κ1) is 17.2. The second-order valence-electron chi connectivity index (χ2n) is 6.03. The number of aromatic nitrogens is 1. The molecule has 0 saturated carbocycles. The Balaban J connectivity index is 1.62. The number of thiazole rings is 1. The van der Waals surface area contributed by atoms with Crippen LogP contribution >= 0.6 is 23.1 Å². The van der Waals surface area contributed by atoms with E-state index >= 15 is 0 Å². The summed E-state index contributed by atoms with van der Waals surface area (Å²) in [5.74, 6) is 0.464. The molecule has 0 spiro atoms. The standard InChI is InChI=1S/C15H23N3O3S2/c1-22-15-16-13(10-23-15)14(20)18-7-11(12(8-18)9-19)6-17-2-4-21-5-3-17/h10-12,19H,2-9H2,1H3. The Morgan fingerprint density at radius 2 is 2.17 bits per heavy atom. The van der Waals surface area contributed by atoms with Gasteiger partial charge in [0.1, 0.15) is 10.0 Å². The third-order valence-corrected chi connectivity index (χ3v) is 6.43. The van der Waals surface area contributed by atoms with Crippen LogP contribution in [0.5, 0.6) is 0 Å². The lowest BCUT2D eigenvalue weighted by molar-refractivity contribution is 0.0264. The molecular weight excluding hydrogens is 334 g/mol. The van der Waals surface area contributed by atoms with E-state index in [9.17, 15) is 9.90 Å². The minimum Gasteiger partial charge on any atom is -0.396 e. The van der Waals surface area contributed by atoms with Crippen LogP contribution in [0, 0.1) is 11.8 Å². The van der Waals surface area contributed by atoms with E-state index in [1.807, 2.05) is 16.5 Å². The maximum Gasteiger partial charge on any atom is 0.273 e. The molecule has 1 amide bonds. The van der Waals surface area contributed by atoms with Crippen LogP contribution in [0.1, 0.15) is 10.5 Å². The van der Waals surface area contributed by atoms with E-state index in [1.54, 1.807) is 11.8 Å². The third kappa shape index (κ3) is 4.06. The molecule has 1 aromatic rings. The van der Waals surface area contributed by atoms with Crippen LogP contribution in [0.25, 0.3) is 0 Å². The number of hydrogen-bond acceptors (Lipinski definition) is 7. The number of morpholine rings is 1. The number of amides is 1. The first-order valence-electron chi connectivity index (χ1n) is 7.91. The zero-order chi connectivity index (χ0) is 16.2. The molecule has 0 radical (unpaired) electrons. The fourth-order valence-corrected chi connectivity index (χ4v) is 4.48. The van der Waals surface area contributed by atoms with Gasteiger partial charge in [-0.3, -0.25) is 9.69 Å². The number of aliphatic hydroxyl groups is 1. The van der Waals surface area contributed by atoms with E-state index in [4.69, 9.17) is 4.74 Å². The summed E-state index contributed by atoms with van der Waals surface area (Å²) >= 11 is 3.06. The first-order chi connectivity index (χ1) is 11.2. The highest BCUT2D eigenvalue weighted by atomic mass is 32.2. The molecule has 3 rings (SSSR count). The molecule has 1 aromatic heterocycles. The maximum absolute atomic E-state index is 12.6. The van der Waals surface area contributed by atoms with E-state index in [1.165, 1.54) is 11.3 Å². The summed E-state index contributed by atoms with van der Waals surface area (Å²) in [6, 6.07) is 0. The molecular formula is C15H23N3O3S2. The Labute approximate surface area is 144 Å². The van der Waals surface area contributed by atoms with Crippen molar-refractivity contribution in [1.82, 2.24) is 14.8 Å². The minimum absolute atomic E-state index is 0.00974. The van der Waals surface area contributed by atoms with Gasteiger partial charge in [-0.15, -0.1) is 11.3 Å². The van der Waals surface area contributed by atoms with Crippen molar-refractivity contribution in [1.29, 1.82) is 0 Å². The predicted molar refractivity (Wildman–Crippen MR) is 91.1 cm³/mol. The lowest BCUT2D eigenvalue weighted by Gasteiger charge is -2.30. The fraction of sp³-hybridized carbons (Fsp3) is 0.733. The third-order valence-electron chi connectivity index (χ3n) is 4.57. The van der Waals surface area contributed by atoms with Gasteiger partial charge in [0.2, 0.25) is 0 Å². The molecule has 2 unspecified atom stereocenters. The molecule has 8 heteroatoms. The Hall–Kier alpha value is -0.670. The summed E-state index contributed by atoms with van der Waals surface area (Å²) in [6.45, 7) is 5.80. The lowest BCUT2D eigenvalue weighted by Crippen LogP contribution is -2.41. The van der Waals surface area contributed by atoms with Crippen LogP contribution in [-0.2, 0) is 4.74 Å². The fourth-order valence-electron chi connectivity index (χ4n) is 3.24. The van der Waals surface area contributed by atoms with Gasteiger partial charge >= 0.3 is 0 Å². The molecule has 0 bridgehead atoms. The Morgan fingerprint density at radius 3 is 2.83 bits per heavy atom. The molecule has 128 valence electrons. The molecule has 23 heavy (non-hydrogen) atoms. The van der Waals surface area contributed by atoms with Crippen molar-refractivity contribution >= 4 is 29.0 Å². The van der Waals surface area contributed by atoms with Crippen LogP contribution in [-0.4, -0.2) is 84.6 Å². The van der Waals surface area contributed by atoms with Gasteiger partial charge in [0.25, 0.3) is 5.91 Å². The zero-order valence-corrected chi connectivity index (χ0v) is 14.9. The monoisotopic (exact) mass is 357 g/mol. The van der Waals surface area contributed by atoms with Gasteiger partial charge in [-0.1, -0.05) is 11.8 Å². The highest BCUT2D eigenvalue weighted by molar-refractivity contribution is 8.00. The van der Waals surface area contributed by atoms with Gasteiger partial charge in [-0.25, -0.2) is 4.98 Å². The van der Waals surface area contributed by atoms with E-state index in [2.05, 4.69) is 9.88 Å². The highest BCUT2D eigenvalue weighted by Crippen LogP contribution is 2.27. The zero-order valence-electron chi connectivity index (χ0n) is 13.3. The minimum atomic E-state index is -0.00974. The number of aliphatic hydroxyl groups excluding tert-OH is 1. The van der Waals surface area contributed by atoms with Crippen LogP contribution in [0.4, 0.5) is 0 Å². The summed E-state index contributed by atoms with van der Waals surface area (Å²) in [7, 11) is 0. The number of carbonyl (C=O) groups excluding carboxylic acids is 1. The van der Waals surface area contributed by atoms with Gasteiger partial charge in [0, 0.05) is 50.6 Å². The summed E-state index contributed by atoms with van der Waals surface area (Å²) < 4.78 is 6.30. The van der Waals surface area contributed by atoms with Gasteiger partial charge in [0.05, 0.1) is 13.2 Å². The van der Waals surface area contributed by atoms with E-state index < -0.39 is 0 Å². The van der Waals surface area contributed by atoms with Crippen molar-refractivity contribution in [2.75, 3.05) is 58.8 Å². The van der Waals surface area contributed by atoms with E-state index in [0.29, 0.717) is 24.7 Å². The van der Waals surface area contributed by atoms with Gasteiger partial charge in [-0.2, -0.15) is 0 Å². The number of carbonyl (C=O) groups is 1. The summed E-state index contributed by atoms with van der Waals surface area (Å²) in [5.41, 5.74) is 0.531. The molecule has 2 aliphatic heterocycles. The molecule has 1 N–H and O–H groups in total. The Morgan fingerprint density at radius 1 is 1.43 bits per heavy atom. The SMILES string of the molecule is CSc1nc(C(=O)N2CC(CO)C(CN3CCOCC3)C2)cs1. The van der Waals surface area contributed by atoms with Crippen molar-refractivity contribution < 1.29 is 14.6 Å². The lowest BCUT2D eigenvalue weighted by atomic mass is 9.96. The highest BCUT2D eigenvalue weighted by Gasteiger charge is 2.36. The van der Waals surface area contributed by atoms with Crippen molar-refractivity contribution in [3.8, 4) is 0 Å². The van der Waals surface area contributed by atoms with Crippen LogP contribution in [0.3, 0.4) is 0 Å². The van der Waals surface area contributed by atoms with E-state index in [-0.39, 0.29) is 18.4 Å². The second-order valence-corrected chi connectivity index (χ2v) is 7.94. The normalized spacial score (nSPS) is 25.9. The van der Waals surface area contributed by atoms with E-state index in [0.717, 1.165) is 37.2 Å². The summed E-state index contributed by atoms with van der Waals surface area (Å²) in [4.78, 5) is 21.2. The number of hydrogen-bond donors (Lipinski definition) is 1. The molecule has 2 fully saturated rings. The average molecular weight is 358 g/mol. The van der Waals surface area contributed by atoms with Crippen molar-refractivity contribution in [3.05, 3.63) is 11.1 Å². The maximum atomic E-state index is 12.6. The molecule has 3 heterocycles. The quantitative estimate of drug-likeness (QED) is 0.789. The summed E-state index contributed by atoms with van der Waals surface area (Å²) in [6.07, 6.45) is 1.96. The Kier molecular flexibility index (Phi) is 5.92. The average Bonchev–Trinajstić information content (AvgIpc) is 3.22. The van der Waals surface area contributed by atoms with Crippen LogP contribution in [0.15, 0.2) is 9.72 Å². The molecule has 0 aliphatic carbocycles. The smallest absolute Gasteiger partial charge is 0.273 e. The van der Waals surface area contributed by atoms with Crippen molar-refractivity contribution in [2.45, 2.75) is 4.34 Å². The number of likely N-dealkylation sites (tertiary alicyclic amines) is 1. The Bertz CT molecular complexity index is 534. The second kappa shape index (κ2) is 7.94. The molecule has 2 aliphatic rings. The van der Waals surface area contributed by atoms with Gasteiger partial charge in [0.15, 0.2) is 0 Å². The topological polar surface area (TPSA) is 65.9 Å². The number of thioether (sulfide) groups is 1. The van der Waals surface area contributed by atoms with Crippen LogP contribution < -0.4 is 0 Å². The van der Waals surface area contributed by atoms with Crippen molar-refractivity contribution in [2.24, 2.45) is 11.8 Å². The molecule has 0 aromatic carbocycles. The number of ether oxygens (including phenoxy) is 1. The van der Waals surface area contributed by atoms with Crippen molar-refractivity contribution in [3.63, 3.8) is 0 Å². The van der Waals surface area contributed by atoms with Gasteiger partial charge in [-0.05, 0) is 12.2 Å². The molecule has 2 atom stereocenters. The molecule has 2 saturated heterocycles. The first-order valence-corrected chi connectivity index (χ1v) is 10.0.